The van der Waals surface area contributed by atoms with Crippen LogP contribution in [0.4, 0.5) is 0 Å². The van der Waals surface area contributed by atoms with E-state index in [2.05, 4.69) is 36.0 Å². The van der Waals surface area contributed by atoms with Crippen LogP contribution in [-0.4, -0.2) is 13.2 Å². The van der Waals surface area contributed by atoms with Crippen molar-refractivity contribution in [3.63, 3.8) is 0 Å². The monoisotopic (exact) mass is 237 g/mol. The van der Waals surface area contributed by atoms with E-state index in [0.717, 1.165) is 31.8 Å². The first-order valence-electron chi connectivity index (χ1n) is 5.92. The molecule has 16 heavy (non-hydrogen) atoms. The normalized spacial score (nSPS) is 17.0. The van der Waals surface area contributed by atoms with Crippen LogP contribution in [0.3, 0.4) is 0 Å². The molecule has 1 atom stereocenters. The highest BCUT2D eigenvalue weighted by Gasteiger charge is 2.21. The molecule has 0 spiro atoms. The molecule has 88 valence electrons. The van der Waals surface area contributed by atoms with Gasteiger partial charge in [-0.05, 0) is 47.9 Å². The van der Waals surface area contributed by atoms with Crippen LogP contribution in [0.15, 0.2) is 22.6 Å². The lowest BCUT2D eigenvalue weighted by molar-refractivity contribution is 0.215. The third-order valence-corrected chi connectivity index (χ3v) is 3.70. The molecule has 0 bridgehead atoms. The quantitative estimate of drug-likeness (QED) is 0.847. The molecule has 1 unspecified atom stereocenters. The number of thiophene rings is 1. The van der Waals surface area contributed by atoms with Gasteiger partial charge >= 0.3 is 0 Å². The zero-order valence-electron chi connectivity index (χ0n) is 9.95. The maximum absolute atomic E-state index is 5.69. The zero-order valence-corrected chi connectivity index (χ0v) is 10.8. The van der Waals surface area contributed by atoms with Crippen LogP contribution < -0.4 is 5.32 Å². The summed E-state index contributed by atoms with van der Waals surface area (Å²) in [5.41, 5.74) is 2.72. The molecule has 0 saturated carbocycles. The van der Waals surface area contributed by atoms with Gasteiger partial charge in [0.1, 0.15) is 5.76 Å². The molecule has 2 nitrogen and oxygen atoms in total. The molecule has 1 aromatic heterocycles. The lowest BCUT2D eigenvalue weighted by atomic mass is 10.0. The number of hydrogen-bond acceptors (Lipinski definition) is 3. The van der Waals surface area contributed by atoms with E-state index in [0.29, 0.717) is 0 Å². The highest BCUT2D eigenvalue weighted by atomic mass is 32.1. The minimum atomic E-state index is 0.258. The van der Waals surface area contributed by atoms with Gasteiger partial charge in [0.25, 0.3) is 0 Å². The second kappa shape index (κ2) is 5.51. The fourth-order valence-corrected chi connectivity index (χ4v) is 2.83. The molecule has 0 aliphatic carbocycles. The van der Waals surface area contributed by atoms with Crippen LogP contribution in [-0.2, 0) is 4.74 Å². The van der Waals surface area contributed by atoms with Crippen LogP contribution in [0.2, 0.25) is 0 Å². The van der Waals surface area contributed by atoms with Crippen molar-refractivity contribution in [2.75, 3.05) is 13.2 Å². The second-order valence-corrected chi connectivity index (χ2v) is 4.88. The number of nitrogens with one attached hydrogen (secondary N) is 1. The molecule has 0 radical (unpaired) electrons. The molecule has 1 aliphatic heterocycles. The lowest BCUT2D eigenvalue weighted by Crippen LogP contribution is -2.24. The average Bonchev–Trinajstić information content (AvgIpc) is 2.91. The summed E-state index contributed by atoms with van der Waals surface area (Å²) in [6, 6.07) is 0.258. The molecule has 2 heterocycles. The van der Waals surface area contributed by atoms with Gasteiger partial charge in [-0.25, -0.2) is 0 Å². The van der Waals surface area contributed by atoms with Gasteiger partial charge in [0.05, 0.1) is 12.6 Å². The Labute approximate surface area is 101 Å². The van der Waals surface area contributed by atoms with Gasteiger partial charge in [0, 0.05) is 6.42 Å². The molecule has 1 aliphatic rings. The molecule has 1 aromatic rings. The topological polar surface area (TPSA) is 21.3 Å². The van der Waals surface area contributed by atoms with Gasteiger partial charge in [-0.15, -0.1) is 0 Å². The summed E-state index contributed by atoms with van der Waals surface area (Å²) in [6.45, 7) is 6.22. The van der Waals surface area contributed by atoms with Crippen LogP contribution in [0.5, 0.6) is 0 Å². The third kappa shape index (κ3) is 2.47. The molecule has 0 fully saturated rings. The summed E-state index contributed by atoms with van der Waals surface area (Å²) in [5, 5.41) is 8.00. The van der Waals surface area contributed by atoms with Crippen LogP contribution in [0.1, 0.15) is 36.9 Å². The van der Waals surface area contributed by atoms with Crippen molar-refractivity contribution >= 4 is 11.3 Å². The van der Waals surface area contributed by atoms with E-state index in [-0.39, 0.29) is 6.04 Å². The molecule has 1 N–H and O–H groups in total. The summed E-state index contributed by atoms with van der Waals surface area (Å²) in [6.07, 6.45) is 4.40. The van der Waals surface area contributed by atoms with Crippen LogP contribution in [0, 0.1) is 6.92 Å². The summed E-state index contributed by atoms with van der Waals surface area (Å²) in [7, 11) is 0. The smallest absolute Gasteiger partial charge is 0.114 e. The fraction of sp³-hybridized carbons (Fsp3) is 0.538. The van der Waals surface area contributed by atoms with Gasteiger partial charge in [0.15, 0.2) is 0 Å². The van der Waals surface area contributed by atoms with E-state index in [1.807, 2.05) is 0 Å². The van der Waals surface area contributed by atoms with E-state index in [4.69, 9.17) is 4.74 Å². The Morgan fingerprint density at radius 2 is 2.38 bits per heavy atom. The minimum Gasteiger partial charge on any atom is -0.496 e. The molecule has 3 heteroatoms. The predicted molar refractivity (Wildman–Crippen MR) is 68.7 cm³/mol. The Kier molecular flexibility index (Phi) is 4.02. The molecule has 0 saturated heterocycles. The molecule has 0 amide bonds. The summed E-state index contributed by atoms with van der Waals surface area (Å²) < 4.78 is 5.69. The molecular weight excluding hydrogens is 218 g/mol. The minimum absolute atomic E-state index is 0.258. The Balaban J connectivity index is 2.17. The fourth-order valence-electron chi connectivity index (χ4n) is 1.96. The van der Waals surface area contributed by atoms with Gasteiger partial charge in [-0.1, -0.05) is 6.92 Å². The Morgan fingerprint density at radius 3 is 2.94 bits per heavy atom. The van der Waals surface area contributed by atoms with Crippen molar-refractivity contribution in [3.05, 3.63) is 33.7 Å². The lowest BCUT2D eigenvalue weighted by Gasteiger charge is -2.19. The van der Waals surface area contributed by atoms with Crippen molar-refractivity contribution in [3.8, 4) is 0 Å². The number of ether oxygens (including phenoxy) is 1. The summed E-state index contributed by atoms with van der Waals surface area (Å²) in [5.74, 6) is 1.11. The first-order valence-corrected chi connectivity index (χ1v) is 6.86. The van der Waals surface area contributed by atoms with Crippen molar-refractivity contribution in [2.24, 2.45) is 0 Å². The van der Waals surface area contributed by atoms with Crippen LogP contribution in [0.25, 0.3) is 0 Å². The molecular formula is C13H19NOS. The molecule has 0 aromatic carbocycles. The van der Waals surface area contributed by atoms with Gasteiger partial charge < -0.3 is 10.1 Å². The second-order valence-electron chi connectivity index (χ2n) is 4.14. The Morgan fingerprint density at radius 1 is 1.50 bits per heavy atom. The first kappa shape index (κ1) is 11.7. The average molecular weight is 237 g/mol. The first-order chi connectivity index (χ1) is 7.83. The van der Waals surface area contributed by atoms with Crippen molar-refractivity contribution in [1.29, 1.82) is 0 Å². The van der Waals surface area contributed by atoms with Crippen molar-refractivity contribution in [2.45, 2.75) is 32.7 Å². The van der Waals surface area contributed by atoms with E-state index in [1.165, 1.54) is 11.1 Å². The largest absolute Gasteiger partial charge is 0.496 e. The maximum atomic E-state index is 5.69. The summed E-state index contributed by atoms with van der Waals surface area (Å²) >= 11 is 1.76. The Hall–Kier alpha value is -0.800. The Bertz CT molecular complexity index is 370. The predicted octanol–water partition coefficient (Wildman–Crippen LogP) is 3.40. The third-order valence-electron chi connectivity index (χ3n) is 2.82. The zero-order chi connectivity index (χ0) is 11.4. The molecule has 2 rings (SSSR count). The van der Waals surface area contributed by atoms with Crippen LogP contribution >= 0.6 is 11.3 Å². The SMILES string of the molecule is CCCNC(C1=CCCO1)c1cscc1C. The highest BCUT2D eigenvalue weighted by molar-refractivity contribution is 7.08. The highest BCUT2D eigenvalue weighted by Crippen LogP contribution is 2.30. The van der Waals surface area contributed by atoms with Gasteiger partial charge in [-0.3, -0.25) is 0 Å². The number of hydrogen-bond donors (Lipinski definition) is 1. The number of aryl methyl sites for hydroxylation is 1. The summed E-state index contributed by atoms with van der Waals surface area (Å²) in [4.78, 5) is 0. The van der Waals surface area contributed by atoms with E-state index < -0.39 is 0 Å². The van der Waals surface area contributed by atoms with E-state index >= 15 is 0 Å². The van der Waals surface area contributed by atoms with E-state index in [1.54, 1.807) is 11.3 Å². The maximum Gasteiger partial charge on any atom is 0.114 e. The van der Waals surface area contributed by atoms with E-state index in [9.17, 15) is 0 Å². The van der Waals surface area contributed by atoms with Gasteiger partial charge in [-0.2, -0.15) is 11.3 Å². The van der Waals surface area contributed by atoms with Crippen molar-refractivity contribution < 1.29 is 4.74 Å². The van der Waals surface area contributed by atoms with Gasteiger partial charge in [0.2, 0.25) is 0 Å². The van der Waals surface area contributed by atoms with Crippen molar-refractivity contribution in [1.82, 2.24) is 5.32 Å². The number of rotatable bonds is 5. The standard InChI is InChI=1S/C13H19NOS/c1-3-6-14-13(12-5-4-7-15-12)11-9-16-8-10(11)2/h5,8-9,13-14H,3-4,6-7H2,1-2H3.